The van der Waals surface area contributed by atoms with Crippen molar-refractivity contribution in [2.45, 2.75) is 59.2 Å². The Balaban J connectivity index is 3.18. The van der Waals surface area contributed by atoms with Crippen LogP contribution in [0.5, 0.6) is 5.75 Å². The van der Waals surface area contributed by atoms with Crippen LogP contribution in [0.25, 0.3) is 0 Å². The summed E-state index contributed by atoms with van der Waals surface area (Å²) in [6.45, 7) is 13.9. The third kappa shape index (κ3) is 7.77. The maximum Gasteiger partial charge on any atom is 0.408 e. The van der Waals surface area contributed by atoms with Crippen molar-refractivity contribution in [3.63, 3.8) is 0 Å². The van der Waals surface area contributed by atoms with Crippen molar-refractivity contribution >= 4 is 17.9 Å². The molecule has 0 aliphatic rings. The maximum atomic E-state index is 13.0. The largest absolute Gasteiger partial charge is 0.508 e. The first-order chi connectivity index (χ1) is 13.9. The standard InChI is InChI=1S/C22H33N3O5/c1-8-11-25(18(27)13-23-21(29)30-22(5,6)7)19(20(28)24-14(2)3)16-9-10-17(26)15(4)12-16/h8-10,12,14,19,26H,1,11,13H2,2-7H3,(H,23,29)(H,24,28). The van der Waals surface area contributed by atoms with Crippen LogP contribution >= 0.6 is 0 Å². The van der Waals surface area contributed by atoms with Crippen molar-refractivity contribution < 1.29 is 24.2 Å². The van der Waals surface area contributed by atoms with Gasteiger partial charge in [-0.1, -0.05) is 12.1 Å². The van der Waals surface area contributed by atoms with Gasteiger partial charge in [-0.05, 0) is 64.8 Å². The zero-order valence-corrected chi connectivity index (χ0v) is 18.6. The van der Waals surface area contributed by atoms with Gasteiger partial charge in [0.05, 0.1) is 0 Å². The van der Waals surface area contributed by atoms with Crippen molar-refractivity contribution in [1.82, 2.24) is 15.5 Å². The Morgan fingerprint density at radius 2 is 1.90 bits per heavy atom. The summed E-state index contributed by atoms with van der Waals surface area (Å²) >= 11 is 0. The number of nitrogens with one attached hydrogen (secondary N) is 2. The van der Waals surface area contributed by atoms with E-state index >= 15 is 0 Å². The van der Waals surface area contributed by atoms with Gasteiger partial charge in [-0.2, -0.15) is 0 Å². The molecule has 1 rings (SSSR count). The molecule has 0 bridgehead atoms. The van der Waals surface area contributed by atoms with E-state index < -0.39 is 23.6 Å². The van der Waals surface area contributed by atoms with E-state index in [1.54, 1.807) is 39.8 Å². The summed E-state index contributed by atoms with van der Waals surface area (Å²) in [6.07, 6.45) is 0.784. The monoisotopic (exact) mass is 419 g/mol. The van der Waals surface area contributed by atoms with Gasteiger partial charge in [0.25, 0.3) is 0 Å². The molecule has 1 unspecified atom stereocenters. The number of ether oxygens (including phenoxy) is 1. The molecule has 3 amide bonds. The van der Waals surface area contributed by atoms with Gasteiger partial charge in [0.1, 0.15) is 23.9 Å². The molecular weight excluding hydrogens is 386 g/mol. The summed E-state index contributed by atoms with van der Waals surface area (Å²) in [6, 6.07) is 3.63. The Labute approximate surface area is 178 Å². The van der Waals surface area contributed by atoms with Crippen LogP contribution < -0.4 is 10.6 Å². The number of amides is 3. The van der Waals surface area contributed by atoms with Gasteiger partial charge in [0, 0.05) is 12.6 Å². The Morgan fingerprint density at radius 1 is 1.27 bits per heavy atom. The summed E-state index contributed by atoms with van der Waals surface area (Å²) < 4.78 is 5.15. The van der Waals surface area contributed by atoms with E-state index in [1.807, 2.05) is 13.8 Å². The SMILES string of the molecule is C=CCN(C(=O)CNC(=O)OC(C)(C)C)C(C(=O)NC(C)C)c1ccc(O)c(C)c1. The van der Waals surface area contributed by atoms with Crippen LogP contribution in [0.4, 0.5) is 4.79 Å². The van der Waals surface area contributed by atoms with Gasteiger partial charge in [-0.25, -0.2) is 4.79 Å². The molecule has 1 atom stereocenters. The lowest BCUT2D eigenvalue weighted by Crippen LogP contribution is -2.48. The fourth-order valence-electron chi connectivity index (χ4n) is 2.74. The normalized spacial score (nSPS) is 12.1. The minimum absolute atomic E-state index is 0.0882. The molecule has 0 aromatic heterocycles. The van der Waals surface area contributed by atoms with E-state index in [9.17, 15) is 19.5 Å². The van der Waals surface area contributed by atoms with Crippen molar-refractivity contribution in [1.29, 1.82) is 0 Å². The number of aryl methyl sites for hydroxylation is 1. The fraction of sp³-hybridized carbons (Fsp3) is 0.500. The highest BCUT2D eigenvalue weighted by molar-refractivity contribution is 5.90. The Morgan fingerprint density at radius 3 is 2.40 bits per heavy atom. The summed E-state index contributed by atoms with van der Waals surface area (Å²) in [5, 5.41) is 15.1. The highest BCUT2D eigenvalue weighted by Crippen LogP contribution is 2.26. The van der Waals surface area contributed by atoms with Crippen LogP contribution in [0.3, 0.4) is 0 Å². The van der Waals surface area contributed by atoms with Crippen molar-refractivity contribution in [3.05, 3.63) is 42.0 Å². The highest BCUT2D eigenvalue weighted by Gasteiger charge is 2.31. The van der Waals surface area contributed by atoms with E-state index in [1.165, 1.54) is 17.0 Å². The number of aromatic hydroxyl groups is 1. The summed E-state index contributed by atoms with van der Waals surface area (Å²) in [5.41, 5.74) is 0.417. The Kier molecular flexibility index (Phi) is 8.89. The summed E-state index contributed by atoms with van der Waals surface area (Å²) in [4.78, 5) is 39.2. The van der Waals surface area contributed by atoms with E-state index in [0.29, 0.717) is 11.1 Å². The molecule has 0 radical (unpaired) electrons. The average Bonchev–Trinajstić information content (AvgIpc) is 2.60. The zero-order chi connectivity index (χ0) is 23.1. The molecule has 3 N–H and O–H groups in total. The molecule has 0 saturated heterocycles. The molecule has 8 nitrogen and oxygen atoms in total. The van der Waals surface area contributed by atoms with Crippen LogP contribution in [0.15, 0.2) is 30.9 Å². The molecule has 166 valence electrons. The van der Waals surface area contributed by atoms with Crippen LogP contribution in [0.2, 0.25) is 0 Å². The lowest BCUT2D eigenvalue weighted by Gasteiger charge is -2.31. The number of carbonyl (C=O) groups excluding carboxylic acids is 3. The average molecular weight is 420 g/mol. The number of alkyl carbamates (subject to hydrolysis) is 1. The summed E-state index contributed by atoms with van der Waals surface area (Å²) in [5.74, 6) is -0.757. The smallest absolute Gasteiger partial charge is 0.408 e. The first-order valence-electron chi connectivity index (χ1n) is 9.82. The maximum absolute atomic E-state index is 13.0. The minimum atomic E-state index is -0.961. The van der Waals surface area contributed by atoms with Crippen LogP contribution in [-0.2, 0) is 14.3 Å². The van der Waals surface area contributed by atoms with Crippen LogP contribution in [0.1, 0.15) is 51.8 Å². The topological polar surface area (TPSA) is 108 Å². The molecule has 0 aliphatic carbocycles. The predicted molar refractivity (Wildman–Crippen MR) is 115 cm³/mol. The van der Waals surface area contributed by atoms with E-state index in [-0.39, 0.29) is 30.8 Å². The number of phenolic OH excluding ortho intramolecular Hbond substituents is 1. The van der Waals surface area contributed by atoms with Gasteiger partial charge >= 0.3 is 6.09 Å². The van der Waals surface area contributed by atoms with Gasteiger partial charge < -0.3 is 25.4 Å². The molecule has 0 fully saturated rings. The van der Waals surface area contributed by atoms with E-state index in [0.717, 1.165) is 0 Å². The van der Waals surface area contributed by atoms with Crippen molar-refractivity contribution in [2.75, 3.05) is 13.1 Å². The van der Waals surface area contributed by atoms with Gasteiger partial charge in [-0.3, -0.25) is 9.59 Å². The lowest BCUT2D eigenvalue weighted by atomic mass is 10.0. The third-order valence-electron chi connectivity index (χ3n) is 3.96. The molecule has 8 heteroatoms. The molecule has 0 heterocycles. The second-order valence-corrected chi connectivity index (χ2v) is 8.30. The first kappa shape index (κ1) is 25.0. The third-order valence-corrected chi connectivity index (χ3v) is 3.96. The molecule has 30 heavy (non-hydrogen) atoms. The Hall–Kier alpha value is -3.03. The van der Waals surface area contributed by atoms with Crippen molar-refractivity contribution in [2.24, 2.45) is 0 Å². The molecule has 0 saturated carbocycles. The number of hydrogen-bond donors (Lipinski definition) is 3. The highest BCUT2D eigenvalue weighted by atomic mass is 16.6. The van der Waals surface area contributed by atoms with Crippen LogP contribution in [0, 0.1) is 6.92 Å². The zero-order valence-electron chi connectivity index (χ0n) is 18.6. The molecular formula is C22H33N3O5. The molecule has 1 aromatic carbocycles. The van der Waals surface area contributed by atoms with Crippen LogP contribution in [-0.4, -0.2) is 52.6 Å². The van der Waals surface area contributed by atoms with Gasteiger partial charge in [-0.15, -0.1) is 6.58 Å². The van der Waals surface area contributed by atoms with Crippen molar-refractivity contribution in [3.8, 4) is 5.75 Å². The number of carbonyl (C=O) groups is 3. The van der Waals surface area contributed by atoms with E-state index in [4.69, 9.17) is 4.74 Å². The molecule has 0 spiro atoms. The lowest BCUT2D eigenvalue weighted by molar-refractivity contribution is -0.139. The quantitative estimate of drug-likeness (QED) is 0.562. The molecule has 1 aromatic rings. The first-order valence-corrected chi connectivity index (χ1v) is 9.82. The number of phenols is 1. The van der Waals surface area contributed by atoms with E-state index in [2.05, 4.69) is 17.2 Å². The second kappa shape index (κ2) is 10.7. The molecule has 0 aliphatic heterocycles. The summed E-state index contributed by atoms with van der Waals surface area (Å²) in [7, 11) is 0. The number of rotatable bonds is 8. The fourth-order valence-corrected chi connectivity index (χ4v) is 2.74. The number of nitrogens with zero attached hydrogens (tertiary/aromatic N) is 1. The predicted octanol–water partition coefficient (Wildman–Crippen LogP) is 2.81. The number of hydrogen-bond acceptors (Lipinski definition) is 5. The van der Waals surface area contributed by atoms with Gasteiger partial charge in [0.2, 0.25) is 11.8 Å². The minimum Gasteiger partial charge on any atom is -0.508 e. The Bertz CT molecular complexity index is 783. The number of benzene rings is 1. The van der Waals surface area contributed by atoms with Gasteiger partial charge in [0.15, 0.2) is 0 Å². The second-order valence-electron chi connectivity index (χ2n) is 8.30.